The first-order valence-electron chi connectivity index (χ1n) is 7.62. The first kappa shape index (κ1) is 18.0. The first-order chi connectivity index (χ1) is 10.7. The lowest BCUT2D eigenvalue weighted by Crippen LogP contribution is -2.21. The fourth-order valence-electron chi connectivity index (χ4n) is 1.98. The van der Waals surface area contributed by atoms with E-state index in [4.69, 9.17) is 9.47 Å². The number of carbonyl (C=O) groups excluding carboxylic acids is 2. The average molecular weight is 304 g/mol. The molecule has 0 spiro atoms. The summed E-state index contributed by atoms with van der Waals surface area (Å²) in [5.74, 6) is -1.32. The summed E-state index contributed by atoms with van der Waals surface area (Å²) in [6.07, 6.45) is 7.25. The molecular weight excluding hydrogens is 280 g/mol. The molecule has 0 aromatic heterocycles. The summed E-state index contributed by atoms with van der Waals surface area (Å²) >= 11 is 0. The van der Waals surface area contributed by atoms with Gasteiger partial charge in [0.1, 0.15) is 12.5 Å². The summed E-state index contributed by atoms with van der Waals surface area (Å²) < 4.78 is 9.98. The predicted octanol–water partition coefficient (Wildman–Crippen LogP) is 3.62. The van der Waals surface area contributed by atoms with Crippen LogP contribution in [0.15, 0.2) is 42.5 Å². The highest BCUT2D eigenvalue weighted by molar-refractivity contribution is 5.79. The van der Waals surface area contributed by atoms with Crippen molar-refractivity contribution in [2.45, 2.75) is 38.5 Å². The SMILES string of the molecule is CCCC/C=C/CC(=O)OCC(C(=O)OC)c1ccccc1. The molecule has 0 fully saturated rings. The molecule has 4 nitrogen and oxygen atoms in total. The van der Waals surface area contributed by atoms with Gasteiger partial charge in [-0.05, 0) is 12.0 Å². The van der Waals surface area contributed by atoms with Gasteiger partial charge in [0.05, 0.1) is 13.5 Å². The van der Waals surface area contributed by atoms with Gasteiger partial charge in [-0.25, -0.2) is 0 Å². The summed E-state index contributed by atoms with van der Waals surface area (Å²) in [6.45, 7) is 2.12. The highest BCUT2D eigenvalue weighted by Crippen LogP contribution is 2.17. The summed E-state index contributed by atoms with van der Waals surface area (Å²) in [5, 5.41) is 0. The fourth-order valence-corrected chi connectivity index (χ4v) is 1.98. The number of unbranched alkanes of at least 4 members (excludes halogenated alkanes) is 2. The van der Waals surface area contributed by atoms with Crippen LogP contribution in [0.2, 0.25) is 0 Å². The van der Waals surface area contributed by atoms with Gasteiger partial charge in [0.2, 0.25) is 0 Å². The molecule has 0 amide bonds. The molecule has 1 rings (SSSR count). The standard InChI is InChI=1S/C18H24O4/c1-3-4-5-6-10-13-17(19)22-14-16(18(20)21-2)15-11-8-7-9-12-15/h6-12,16H,3-5,13-14H2,1-2H3/b10-6+. The zero-order valence-corrected chi connectivity index (χ0v) is 13.3. The van der Waals surface area contributed by atoms with Gasteiger partial charge in [-0.3, -0.25) is 9.59 Å². The van der Waals surface area contributed by atoms with Gasteiger partial charge in [0.25, 0.3) is 0 Å². The van der Waals surface area contributed by atoms with E-state index in [9.17, 15) is 9.59 Å². The molecule has 120 valence electrons. The van der Waals surface area contributed by atoms with E-state index in [1.54, 1.807) is 0 Å². The Kier molecular flexibility index (Phi) is 8.65. The van der Waals surface area contributed by atoms with Gasteiger partial charge in [0, 0.05) is 0 Å². The van der Waals surface area contributed by atoms with Crippen LogP contribution in [0.5, 0.6) is 0 Å². The molecular formula is C18H24O4. The minimum Gasteiger partial charge on any atom is -0.468 e. The Labute approximate surface area is 132 Å². The first-order valence-corrected chi connectivity index (χ1v) is 7.62. The van der Waals surface area contributed by atoms with E-state index in [1.165, 1.54) is 7.11 Å². The topological polar surface area (TPSA) is 52.6 Å². The van der Waals surface area contributed by atoms with Crippen molar-refractivity contribution in [3.63, 3.8) is 0 Å². The normalized spacial score (nSPS) is 12.1. The average Bonchev–Trinajstić information content (AvgIpc) is 2.55. The minimum atomic E-state index is -0.584. The maximum absolute atomic E-state index is 11.8. The zero-order chi connectivity index (χ0) is 16.2. The molecule has 0 N–H and O–H groups in total. The molecule has 4 heteroatoms. The van der Waals surface area contributed by atoms with Crippen LogP contribution in [0.4, 0.5) is 0 Å². The van der Waals surface area contributed by atoms with Crippen molar-refractivity contribution >= 4 is 11.9 Å². The second kappa shape index (κ2) is 10.6. The summed E-state index contributed by atoms with van der Waals surface area (Å²) in [6, 6.07) is 9.18. The Balaban J connectivity index is 2.49. The van der Waals surface area contributed by atoms with E-state index >= 15 is 0 Å². The van der Waals surface area contributed by atoms with Crippen LogP contribution >= 0.6 is 0 Å². The molecule has 0 aliphatic heterocycles. The van der Waals surface area contributed by atoms with Gasteiger partial charge in [-0.2, -0.15) is 0 Å². The quantitative estimate of drug-likeness (QED) is 0.397. The third-order valence-electron chi connectivity index (χ3n) is 3.27. The van der Waals surface area contributed by atoms with E-state index in [0.29, 0.717) is 0 Å². The van der Waals surface area contributed by atoms with Crippen LogP contribution in [0.1, 0.15) is 44.1 Å². The lowest BCUT2D eigenvalue weighted by molar-refractivity contribution is -0.149. The van der Waals surface area contributed by atoms with Gasteiger partial charge in [-0.1, -0.05) is 62.2 Å². The van der Waals surface area contributed by atoms with Gasteiger partial charge >= 0.3 is 11.9 Å². The van der Waals surface area contributed by atoms with Crippen LogP contribution in [0.25, 0.3) is 0 Å². The molecule has 0 radical (unpaired) electrons. The number of esters is 2. The number of hydrogen-bond donors (Lipinski definition) is 0. The number of hydrogen-bond acceptors (Lipinski definition) is 4. The molecule has 1 aromatic carbocycles. The van der Waals surface area contributed by atoms with Crippen LogP contribution < -0.4 is 0 Å². The highest BCUT2D eigenvalue weighted by Gasteiger charge is 2.22. The van der Waals surface area contributed by atoms with E-state index in [0.717, 1.165) is 24.8 Å². The third-order valence-corrected chi connectivity index (χ3v) is 3.27. The molecule has 1 aromatic rings. The highest BCUT2D eigenvalue weighted by atomic mass is 16.5. The largest absolute Gasteiger partial charge is 0.468 e. The van der Waals surface area contributed by atoms with Crippen molar-refractivity contribution in [2.75, 3.05) is 13.7 Å². The Hall–Kier alpha value is -2.10. The number of benzene rings is 1. The fraction of sp³-hybridized carbons (Fsp3) is 0.444. The van der Waals surface area contributed by atoms with Crippen molar-refractivity contribution in [1.82, 2.24) is 0 Å². The van der Waals surface area contributed by atoms with E-state index in [2.05, 4.69) is 6.92 Å². The summed E-state index contributed by atoms with van der Waals surface area (Å²) in [5.41, 5.74) is 0.778. The lowest BCUT2D eigenvalue weighted by atomic mass is 10.0. The second-order valence-corrected chi connectivity index (χ2v) is 4.99. The zero-order valence-electron chi connectivity index (χ0n) is 13.3. The summed E-state index contributed by atoms with van der Waals surface area (Å²) in [4.78, 5) is 23.5. The monoisotopic (exact) mass is 304 g/mol. The van der Waals surface area contributed by atoms with Crippen LogP contribution in [0.3, 0.4) is 0 Å². The van der Waals surface area contributed by atoms with Gasteiger partial charge < -0.3 is 9.47 Å². The lowest BCUT2D eigenvalue weighted by Gasteiger charge is -2.15. The Morgan fingerprint density at radius 3 is 2.55 bits per heavy atom. The van der Waals surface area contributed by atoms with Crippen LogP contribution in [-0.4, -0.2) is 25.7 Å². The molecule has 1 unspecified atom stereocenters. The van der Waals surface area contributed by atoms with Crippen molar-refractivity contribution in [3.05, 3.63) is 48.0 Å². The van der Waals surface area contributed by atoms with Crippen molar-refractivity contribution < 1.29 is 19.1 Å². The third kappa shape index (κ3) is 6.57. The Bertz CT molecular complexity index is 479. The van der Waals surface area contributed by atoms with Gasteiger partial charge in [-0.15, -0.1) is 0 Å². The maximum Gasteiger partial charge on any atom is 0.316 e. The number of carbonyl (C=O) groups is 2. The van der Waals surface area contributed by atoms with Crippen molar-refractivity contribution in [3.8, 4) is 0 Å². The van der Waals surface area contributed by atoms with Crippen LogP contribution in [-0.2, 0) is 19.1 Å². The molecule has 0 aliphatic rings. The van der Waals surface area contributed by atoms with Crippen molar-refractivity contribution in [1.29, 1.82) is 0 Å². The predicted molar refractivity (Wildman–Crippen MR) is 85.4 cm³/mol. The van der Waals surface area contributed by atoms with Crippen LogP contribution in [0, 0.1) is 0 Å². The molecule has 0 saturated heterocycles. The molecule has 0 aliphatic carbocycles. The summed E-state index contributed by atoms with van der Waals surface area (Å²) in [7, 11) is 1.33. The number of allylic oxidation sites excluding steroid dienone is 1. The second-order valence-electron chi connectivity index (χ2n) is 4.99. The smallest absolute Gasteiger partial charge is 0.316 e. The van der Waals surface area contributed by atoms with E-state index in [1.807, 2.05) is 42.5 Å². The number of methoxy groups -OCH3 is 1. The Morgan fingerprint density at radius 1 is 1.18 bits per heavy atom. The minimum absolute atomic E-state index is 0.00167. The molecule has 0 heterocycles. The van der Waals surface area contributed by atoms with Crippen molar-refractivity contribution in [2.24, 2.45) is 0 Å². The van der Waals surface area contributed by atoms with Gasteiger partial charge in [0.15, 0.2) is 0 Å². The number of rotatable bonds is 9. The van der Waals surface area contributed by atoms with E-state index in [-0.39, 0.29) is 19.0 Å². The molecule has 0 bridgehead atoms. The molecule has 1 atom stereocenters. The maximum atomic E-state index is 11.8. The van der Waals surface area contributed by atoms with E-state index < -0.39 is 11.9 Å². The number of ether oxygens (including phenoxy) is 2. The Morgan fingerprint density at radius 2 is 1.91 bits per heavy atom. The molecule has 22 heavy (non-hydrogen) atoms. The molecule has 0 saturated carbocycles.